The smallest absolute Gasteiger partial charge is 0.345 e. The first-order valence-electron chi connectivity index (χ1n) is 5.47. The first-order chi connectivity index (χ1) is 8.15. The van der Waals surface area contributed by atoms with Gasteiger partial charge in [0, 0.05) is 30.4 Å². The molecule has 5 nitrogen and oxygen atoms in total. The molecule has 0 aromatic carbocycles. The van der Waals surface area contributed by atoms with E-state index in [0.717, 1.165) is 17.8 Å². The average molecular weight is 254 g/mol. The average Bonchev–Trinajstić information content (AvgIpc) is 2.88. The molecule has 1 atom stereocenters. The summed E-state index contributed by atoms with van der Waals surface area (Å²) >= 11 is 1.27. The Hall–Kier alpha value is -1.40. The van der Waals surface area contributed by atoms with Crippen molar-refractivity contribution in [1.82, 2.24) is 10.6 Å². The van der Waals surface area contributed by atoms with Gasteiger partial charge in [0.2, 0.25) is 5.91 Å². The Morgan fingerprint density at radius 3 is 3.00 bits per heavy atom. The third kappa shape index (κ3) is 3.28. The largest absolute Gasteiger partial charge is 0.477 e. The second-order valence-corrected chi connectivity index (χ2v) is 5.17. The molecule has 1 aliphatic rings. The topological polar surface area (TPSA) is 78.4 Å². The molecule has 0 spiro atoms. The maximum atomic E-state index is 11.0. The van der Waals surface area contributed by atoms with Gasteiger partial charge in [0.05, 0.1) is 0 Å². The molecule has 0 saturated carbocycles. The molecule has 6 heteroatoms. The number of carboxylic acids is 1. The first-order valence-corrected chi connectivity index (χ1v) is 6.29. The van der Waals surface area contributed by atoms with Gasteiger partial charge in [-0.3, -0.25) is 4.79 Å². The van der Waals surface area contributed by atoms with E-state index in [4.69, 9.17) is 5.11 Å². The van der Waals surface area contributed by atoms with Crippen LogP contribution in [0.2, 0.25) is 0 Å². The maximum Gasteiger partial charge on any atom is 0.345 e. The predicted octanol–water partition coefficient (Wildman–Crippen LogP) is 0.815. The van der Waals surface area contributed by atoms with Crippen LogP contribution in [0.15, 0.2) is 12.1 Å². The summed E-state index contributed by atoms with van der Waals surface area (Å²) in [6.45, 7) is 1.37. The van der Waals surface area contributed by atoms with Crippen molar-refractivity contribution in [2.45, 2.75) is 25.4 Å². The Morgan fingerprint density at radius 2 is 2.41 bits per heavy atom. The number of aromatic carboxylic acids is 1. The predicted molar refractivity (Wildman–Crippen MR) is 64.1 cm³/mol. The van der Waals surface area contributed by atoms with E-state index in [9.17, 15) is 9.59 Å². The minimum atomic E-state index is -0.885. The zero-order valence-corrected chi connectivity index (χ0v) is 10.0. The fourth-order valence-electron chi connectivity index (χ4n) is 1.79. The number of carboxylic acid groups (broad SMARTS) is 1. The highest BCUT2D eigenvalue weighted by Crippen LogP contribution is 2.16. The van der Waals surface area contributed by atoms with Crippen LogP contribution in [0.4, 0.5) is 0 Å². The molecule has 0 aliphatic carbocycles. The quantitative estimate of drug-likeness (QED) is 0.726. The molecular weight excluding hydrogens is 240 g/mol. The van der Waals surface area contributed by atoms with Crippen LogP contribution in [0.25, 0.3) is 0 Å². The van der Waals surface area contributed by atoms with Crippen molar-refractivity contribution in [3.8, 4) is 0 Å². The van der Waals surface area contributed by atoms with Crippen molar-refractivity contribution in [3.63, 3.8) is 0 Å². The van der Waals surface area contributed by atoms with Crippen LogP contribution >= 0.6 is 11.3 Å². The SMILES string of the molecule is O=C1CCC(CNCc2ccc(C(=O)O)s2)N1. The lowest BCUT2D eigenvalue weighted by Crippen LogP contribution is -2.35. The van der Waals surface area contributed by atoms with Crippen molar-refractivity contribution in [2.24, 2.45) is 0 Å². The van der Waals surface area contributed by atoms with Gasteiger partial charge >= 0.3 is 5.97 Å². The van der Waals surface area contributed by atoms with E-state index in [1.807, 2.05) is 6.07 Å². The minimum Gasteiger partial charge on any atom is -0.477 e. The van der Waals surface area contributed by atoms with Gasteiger partial charge in [-0.1, -0.05) is 0 Å². The molecule has 1 saturated heterocycles. The van der Waals surface area contributed by atoms with Crippen molar-refractivity contribution in [2.75, 3.05) is 6.54 Å². The van der Waals surface area contributed by atoms with Crippen LogP contribution in [0.3, 0.4) is 0 Å². The maximum absolute atomic E-state index is 11.0. The molecule has 1 amide bonds. The highest BCUT2D eigenvalue weighted by atomic mass is 32.1. The lowest BCUT2D eigenvalue weighted by molar-refractivity contribution is -0.119. The zero-order chi connectivity index (χ0) is 12.3. The molecule has 1 aromatic heterocycles. The Labute approximate surface area is 103 Å². The summed E-state index contributed by atoms with van der Waals surface area (Å²) in [5.41, 5.74) is 0. The van der Waals surface area contributed by atoms with Crippen LogP contribution in [-0.4, -0.2) is 29.6 Å². The van der Waals surface area contributed by atoms with Gasteiger partial charge in [-0.2, -0.15) is 0 Å². The monoisotopic (exact) mass is 254 g/mol. The highest BCUT2D eigenvalue weighted by molar-refractivity contribution is 7.13. The normalized spacial score (nSPS) is 19.3. The van der Waals surface area contributed by atoms with E-state index < -0.39 is 5.97 Å². The third-order valence-corrected chi connectivity index (χ3v) is 3.72. The molecule has 1 aliphatic heterocycles. The summed E-state index contributed by atoms with van der Waals surface area (Å²) in [5, 5.41) is 14.9. The summed E-state index contributed by atoms with van der Waals surface area (Å²) in [4.78, 5) is 23.0. The number of carbonyl (C=O) groups excluding carboxylic acids is 1. The fourth-order valence-corrected chi connectivity index (χ4v) is 2.60. The molecule has 2 heterocycles. The van der Waals surface area contributed by atoms with Gasteiger partial charge in [-0.15, -0.1) is 11.3 Å². The molecule has 0 bridgehead atoms. The zero-order valence-electron chi connectivity index (χ0n) is 9.23. The van der Waals surface area contributed by atoms with Crippen LogP contribution in [0, 0.1) is 0 Å². The van der Waals surface area contributed by atoms with E-state index >= 15 is 0 Å². The Morgan fingerprint density at radius 1 is 1.59 bits per heavy atom. The number of hydrogen-bond acceptors (Lipinski definition) is 4. The second kappa shape index (κ2) is 5.29. The van der Waals surface area contributed by atoms with E-state index in [1.54, 1.807) is 6.07 Å². The Balaban J connectivity index is 1.74. The fraction of sp³-hybridized carbons (Fsp3) is 0.455. The van der Waals surface area contributed by atoms with Crippen molar-refractivity contribution in [1.29, 1.82) is 0 Å². The number of rotatable bonds is 5. The van der Waals surface area contributed by atoms with Gasteiger partial charge < -0.3 is 15.7 Å². The van der Waals surface area contributed by atoms with Crippen LogP contribution in [0.1, 0.15) is 27.4 Å². The summed E-state index contributed by atoms with van der Waals surface area (Å²) in [7, 11) is 0. The lowest BCUT2D eigenvalue weighted by Gasteiger charge is -2.10. The molecule has 2 rings (SSSR count). The van der Waals surface area contributed by atoms with Crippen LogP contribution in [-0.2, 0) is 11.3 Å². The van der Waals surface area contributed by atoms with Gasteiger partial charge in [-0.05, 0) is 18.6 Å². The summed E-state index contributed by atoms with van der Waals surface area (Å²) < 4.78 is 0. The first kappa shape index (κ1) is 12.1. The minimum absolute atomic E-state index is 0.112. The van der Waals surface area contributed by atoms with E-state index in [-0.39, 0.29) is 11.9 Å². The summed E-state index contributed by atoms with van der Waals surface area (Å²) in [5.74, 6) is -0.773. The molecule has 92 valence electrons. The number of amides is 1. The second-order valence-electron chi connectivity index (χ2n) is 4.01. The van der Waals surface area contributed by atoms with Gasteiger partial charge in [0.1, 0.15) is 4.88 Å². The number of hydrogen-bond donors (Lipinski definition) is 3. The van der Waals surface area contributed by atoms with E-state index in [1.165, 1.54) is 11.3 Å². The Bertz CT molecular complexity index is 430. The Kier molecular flexibility index (Phi) is 3.75. The highest BCUT2D eigenvalue weighted by Gasteiger charge is 2.19. The van der Waals surface area contributed by atoms with E-state index in [2.05, 4.69) is 10.6 Å². The summed E-state index contributed by atoms with van der Waals surface area (Å²) in [6, 6.07) is 3.64. The molecule has 0 radical (unpaired) electrons. The van der Waals surface area contributed by atoms with Crippen molar-refractivity contribution in [3.05, 3.63) is 21.9 Å². The van der Waals surface area contributed by atoms with Gasteiger partial charge in [-0.25, -0.2) is 4.79 Å². The van der Waals surface area contributed by atoms with Crippen molar-refractivity contribution >= 4 is 23.2 Å². The molecule has 1 unspecified atom stereocenters. The van der Waals surface area contributed by atoms with Gasteiger partial charge in [0.25, 0.3) is 0 Å². The van der Waals surface area contributed by atoms with Crippen molar-refractivity contribution < 1.29 is 14.7 Å². The van der Waals surface area contributed by atoms with Crippen LogP contribution < -0.4 is 10.6 Å². The number of thiophene rings is 1. The molecule has 1 fully saturated rings. The molecule has 17 heavy (non-hydrogen) atoms. The third-order valence-electron chi connectivity index (χ3n) is 2.65. The molecule has 3 N–H and O–H groups in total. The standard InChI is InChI=1S/C11H14N2O3S/c14-10-4-1-7(13-10)5-12-6-8-2-3-9(17-8)11(15)16/h2-3,7,12H,1,4-6H2,(H,13,14)(H,15,16). The van der Waals surface area contributed by atoms with E-state index in [0.29, 0.717) is 17.8 Å². The lowest BCUT2D eigenvalue weighted by atomic mass is 10.2. The number of carbonyl (C=O) groups is 2. The molecular formula is C11H14N2O3S. The summed E-state index contributed by atoms with van der Waals surface area (Å²) in [6.07, 6.45) is 1.48. The van der Waals surface area contributed by atoms with Gasteiger partial charge in [0.15, 0.2) is 0 Å². The van der Waals surface area contributed by atoms with Crippen LogP contribution in [0.5, 0.6) is 0 Å². The number of nitrogens with one attached hydrogen (secondary N) is 2. The molecule has 1 aromatic rings.